The first kappa shape index (κ1) is 18.0. The highest BCUT2D eigenvalue weighted by Crippen LogP contribution is 2.30. The van der Waals surface area contributed by atoms with E-state index in [1.807, 2.05) is 24.3 Å². The Balaban J connectivity index is 2.03. The summed E-state index contributed by atoms with van der Waals surface area (Å²) in [5.41, 5.74) is 2.49. The maximum Gasteiger partial charge on any atom is 0.168 e. The van der Waals surface area contributed by atoms with Crippen molar-refractivity contribution in [1.82, 2.24) is 9.78 Å². The van der Waals surface area contributed by atoms with Crippen molar-refractivity contribution in [2.45, 2.75) is 32.9 Å². The minimum absolute atomic E-state index is 0.257. The summed E-state index contributed by atoms with van der Waals surface area (Å²) in [6.07, 6.45) is 3.82. The largest absolute Gasteiger partial charge is 0.362 e. The number of hydrogen-bond donors (Lipinski definition) is 0. The summed E-state index contributed by atoms with van der Waals surface area (Å²) < 4.78 is 6.86. The summed E-state index contributed by atoms with van der Waals surface area (Å²) in [7, 11) is 1.60. The molecule has 1 unspecified atom stereocenters. The standard InChI is InChI=1S/C19H24ClN3O2/c1-14-6-5-9-22(11-14)19-16(10-15-7-3-4-8-17(15)20)18(12-24)23(21-19)13-25-2/h3-4,7-8,12,14H,5-6,9-11,13H2,1-2H3. The number of methoxy groups -OCH3 is 1. The SMILES string of the molecule is COCn1nc(N2CCCC(C)C2)c(Cc2ccccc2Cl)c1C=O. The van der Waals surface area contributed by atoms with E-state index < -0.39 is 0 Å². The number of hydrogen-bond acceptors (Lipinski definition) is 4. The topological polar surface area (TPSA) is 47.4 Å². The van der Waals surface area contributed by atoms with Crippen molar-refractivity contribution < 1.29 is 9.53 Å². The predicted molar refractivity (Wildman–Crippen MR) is 99.5 cm³/mol. The van der Waals surface area contributed by atoms with E-state index in [4.69, 9.17) is 21.4 Å². The molecule has 0 amide bonds. The number of nitrogens with zero attached hydrogens (tertiary/aromatic N) is 3. The van der Waals surface area contributed by atoms with Gasteiger partial charge in [0.15, 0.2) is 12.1 Å². The van der Waals surface area contributed by atoms with E-state index >= 15 is 0 Å². The average molecular weight is 362 g/mol. The van der Waals surface area contributed by atoms with Gasteiger partial charge in [0.1, 0.15) is 12.4 Å². The number of rotatable bonds is 6. The van der Waals surface area contributed by atoms with Crippen LogP contribution in [0.5, 0.6) is 0 Å². The van der Waals surface area contributed by atoms with Crippen LogP contribution in [-0.4, -0.2) is 36.3 Å². The minimum atomic E-state index is 0.257. The van der Waals surface area contributed by atoms with Crippen LogP contribution in [0, 0.1) is 5.92 Å². The summed E-state index contributed by atoms with van der Waals surface area (Å²) in [5, 5.41) is 5.40. The first-order valence-corrected chi connectivity index (χ1v) is 9.04. The molecule has 6 heteroatoms. The number of aldehydes is 1. The lowest BCUT2D eigenvalue weighted by Crippen LogP contribution is -2.35. The third kappa shape index (κ3) is 3.88. The third-order valence-corrected chi connectivity index (χ3v) is 5.09. The van der Waals surface area contributed by atoms with Gasteiger partial charge in [-0.25, -0.2) is 4.68 Å². The second kappa shape index (κ2) is 8.02. The van der Waals surface area contributed by atoms with Gasteiger partial charge < -0.3 is 9.64 Å². The van der Waals surface area contributed by atoms with Crippen LogP contribution in [0.4, 0.5) is 5.82 Å². The van der Waals surface area contributed by atoms with Gasteiger partial charge in [0.25, 0.3) is 0 Å². The molecule has 0 spiro atoms. The van der Waals surface area contributed by atoms with E-state index in [1.165, 1.54) is 6.42 Å². The van der Waals surface area contributed by atoms with Crippen LogP contribution >= 0.6 is 11.6 Å². The summed E-state index contributed by atoms with van der Waals surface area (Å²) in [6.45, 7) is 4.43. The van der Waals surface area contributed by atoms with Crippen molar-refractivity contribution in [3.05, 3.63) is 46.1 Å². The van der Waals surface area contributed by atoms with Gasteiger partial charge in [-0.2, -0.15) is 5.10 Å². The molecule has 1 atom stereocenters. The first-order valence-electron chi connectivity index (χ1n) is 8.66. The van der Waals surface area contributed by atoms with E-state index in [0.29, 0.717) is 23.1 Å². The van der Waals surface area contributed by atoms with Crippen molar-refractivity contribution in [2.24, 2.45) is 5.92 Å². The fraction of sp³-hybridized carbons (Fsp3) is 0.474. The summed E-state index contributed by atoms with van der Waals surface area (Å²) in [5.74, 6) is 1.50. The van der Waals surface area contributed by atoms with Crippen molar-refractivity contribution in [3.8, 4) is 0 Å². The predicted octanol–water partition coefficient (Wildman–Crippen LogP) is 3.78. The number of aromatic nitrogens is 2. The molecule has 0 aliphatic carbocycles. The quantitative estimate of drug-likeness (QED) is 0.734. The molecular weight excluding hydrogens is 338 g/mol. The number of ether oxygens (including phenoxy) is 1. The van der Waals surface area contributed by atoms with Crippen molar-refractivity contribution in [1.29, 1.82) is 0 Å². The van der Waals surface area contributed by atoms with Gasteiger partial charge in [-0.3, -0.25) is 4.79 Å². The molecule has 0 N–H and O–H groups in total. The van der Waals surface area contributed by atoms with Crippen LogP contribution in [0.3, 0.4) is 0 Å². The maximum absolute atomic E-state index is 11.8. The zero-order valence-electron chi connectivity index (χ0n) is 14.7. The van der Waals surface area contributed by atoms with Gasteiger partial charge in [-0.05, 0) is 30.4 Å². The number of carbonyl (C=O) groups excluding carboxylic acids is 1. The van der Waals surface area contributed by atoms with Crippen LogP contribution in [-0.2, 0) is 17.9 Å². The van der Waals surface area contributed by atoms with Crippen molar-refractivity contribution >= 4 is 23.7 Å². The number of anilines is 1. The van der Waals surface area contributed by atoms with Gasteiger partial charge in [0, 0.05) is 37.2 Å². The molecule has 0 bridgehead atoms. The van der Waals surface area contributed by atoms with Crippen molar-refractivity contribution in [3.63, 3.8) is 0 Å². The van der Waals surface area contributed by atoms with Crippen LogP contribution in [0.1, 0.15) is 41.4 Å². The van der Waals surface area contributed by atoms with Crippen LogP contribution in [0.25, 0.3) is 0 Å². The maximum atomic E-state index is 11.8. The Labute approximate surface area is 153 Å². The molecule has 0 radical (unpaired) electrons. The number of benzene rings is 1. The molecule has 25 heavy (non-hydrogen) atoms. The van der Waals surface area contributed by atoms with Crippen LogP contribution in [0.2, 0.25) is 5.02 Å². The van der Waals surface area contributed by atoms with Gasteiger partial charge in [0.2, 0.25) is 0 Å². The Kier molecular flexibility index (Phi) is 5.76. The molecule has 5 nitrogen and oxygen atoms in total. The molecule has 0 saturated carbocycles. The Morgan fingerprint density at radius 3 is 2.88 bits per heavy atom. The lowest BCUT2D eigenvalue weighted by molar-refractivity contribution is 0.104. The van der Waals surface area contributed by atoms with Gasteiger partial charge in [0.05, 0.1) is 0 Å². The molecule has 2 heterocycles. The van der Waals surface area contributed by atoms with Gasteiger partial charge in [-0.15, -0.1) is 0 Å². The van der Waals surface area contributed by atoms with Gasteiger partial charge >= 0.3 is 0 Å². The van der Waals surface area contributed by atoms with E-state index in [0.717, 1.165) is 42.7 Å². The smallest absolute Gasteiger partial charge is 0.168 e. The normalized spacial score (nSPS) is 17.7. The van der Waals surface area contributed by atoms with E-state index in [2.05, 4.69) is 11.8 Å². The summed E-state index contributed by atoms with van der Waals surface area (Å²) in [6, 6.07) is 7.74. The minimum Gasteiger partial charge on any atom is -0.362 e. The molecule has 1 aliphatic heterocycles. The fourth-order valence-corrected chi connectivity index (χ4v) is 3.69. The molecule has 1 aromatic carbocycles. The molecule has 2 aromatic rings. The number of carbonyl (C=O) groups is 1. The lowest BCUT2D eigenvalue weighted by Gasteiger charge is -2.31. The molecule has 1 fully saturated rings. The summed E-state index contributed by atoms with van der Waals surface area (Å²) >= 11 is 6.35. The zero-order chi connectivity index (χ0) is 17.8. The Morgan fingerprint density at radius 2 is 2.20 bits per heavy atom. The van der Waals surface area contributed by atoms with E-state index in [9.17, 15) is 4.79 Å². The van der Waals surface area contributed by atoms with E-state index in [1.54, 1.807) is 11.8 Å². The Morgan fingerprint density at radius 1 is 1.40 bits per heavy atom. The van der Waals surface area contributed by atoms with Crippen LogP contribution < -0.4 is 4.90 Å². The number of halogens is 1. The zero-order valence-corrected chi connectivity index (χ0v) is 15.5. The second-order valence-corrected chi connectivity index (χ2v) is 7.09. The van der Waals surface area contributed by atoms with E-state index in [-0.39, 0.29) is 6.73 Å². The average Bonchev–Trinajstić information content (AvgIpc) is 2.94. The highest BCUT2D eigenvalue weighted by atomic mass is 35.5. The van der Waals surface area contributed by atoms with Crippen molar-refractivity contribution in [2.75, 3.05) is 25.1 Å². The number of piperidine rings is 1. The lowest BCUT2D eigenvalue weighted by atomic mass is 9.99. The first-order chi connectivity index (χ1) is 12.1. The Bertz CT molecular complexity index is 744. The summed E-state index contributed by atoms with van der Waals surface area (Å²) in [4.78, 5) is 14.1. The molecule has 1 aliphatic rings. The molecular formula is C19H24ClN3O2. The molecule has 3 rings (SSSR count). The Hall–Kier alpha value is -1.85. The third-order valence-electron chi connectivity index (χ3n) is 4.72. The monoisotopic (exact) mass is 361 g/mol. The molecule has 1 aromatic heterocycles. The molecule has 1 saturated heterocycles. The highest BCUT2D eigenvalue weighted by Gasteiger charge is 2.26. The van der Waals surface area contributed by atoms with Crippen LogP contribution in [0.15, 0.2) is 24.3 Å². The molecule has 134 valence electrons. The fourth-order valence-electron chi connectivity index (χ4n) is 3.49. The second-order valence-electron chi connectivity index (χ2n) is 6.68. The highest BCUT2D eigenvalue weighted by molar-refractivity contribution is 6.31. The van der Waals surface area contributed by atoms with Gasteiger partial charge in [-0.1, -0.05) is 36.7 Å².